The van der Waals surface area contributed by atoms with E-state index in [1.54, 1.807) is 19.2 Å². The Morgan fingerprint density at radius 3 is 2.63 bits per heavy atom. The molecule has 1 aromatic carbocycles. The number of pyridine rings is 1. The van der Waals surface area contributed by atoms with Crippen LogP contribution in [0.25, 0.3) is 0 Å². The topological polar surface area (TPSA) is 97.7 Å². The van der Waals surface area contributed by atoms with Crippen LogP contribution in [-0.4, -0.2) is 43.4 Å². The van der Waals surface area contributed by atoms with Crippen molar-refractivity contribution in [3.63, 3.8) is 0 Å². The van der Waals surface area contributed by atoms with E-state index in [1.165, 1.54) is 22.6 Å². The molecule has 1 amide bonds. The predicted octanol–water partition coefficient (Wildman–Crippen LogP) is 1.59. The average molecular weight is 434 g/mol. The van der Waals surface area contributed by atoms with Crippen LogP contribution in [0.4, 0.5) is 0 Å². The van der Waals surface area contributed by atoms with Crippen LogP contribution in [0.1, 0.15) is 25.3 Å². The molecule has 2 aromatic rings. The first kappa shape index (κ1) is 22.0. The molecule has 1 fully saturated rings. The van der Waals surface area contributed by atoms with Crippen LogP contribution in [0.15, 0.2) is 52.3 Å². The second kappa shape index (κ2) is 9.44. The minimum absolute atomic E-state index is 0.261. The lowest BCUT2D eigenvalue weighted by Crippen LogP contribution is -2.41. The van der Waals surface area contributed by atoms with Crippen molar-refractivity contribution in [2.75, 3.05) is 20.2 Å². The number of hydrogen-bond acceptors (Lipinski definition) is 5. The molecule has 8 nitrogen and oxygen atoms in total. The number of benzene rings is 1. The SMILES string of the molecule is COc1cccc(CNC(=O)Cn2cccc(S(=O)(=O)N3CCC(C)CC3)c2=O)c1. The van der Waals surface area contributed by atoms with Gasteiger partial charge in [0, 0.05) is 25.8 Å². The van der Waals surface area contributed by atoms with Gasteiger partial charge in [0.15, 0.2) is 0 Å². The summed E-state index contributed by atoms with van der Waals surface area (Å²) in [6.07, 6.45) is 2.96. The van der Waals surface area contributed by atoms with E-state index in [4.69, 9.17) is 4.74 Å². The summed E-state index contributed by atoms with van der Waals surface area (Å²) in [4.78, 5) is 24.8. The van der Waals surface area contributed by atoms with Crippen LogP contribution < -0.4 is 15.6 Å². The zero-order chi connectivity index (χ0) is 21.7. The van der Waals surface area contributed by atoms with Crippen LogP contribution in [0.3, 0.4) is 0 Å². The molecule has 1 saturated heterocycles. The van der Waals surface area contributed by atoms with Gasteiger partial charge in [-0.25, -0.2) is 8.42 Å². The largest absolute Gasteiger partial charge is 0.497 e. The second-order valence-electron chi connectivity index (χ2n) is 7.52. The summed E-state index contributed by atoms with van der Waals surface area (Å²) < 4.78 is 33.5. The Bertz CT molecular complexity index is 1060. The first-order valence-electron chi connectivity index (χ1n) is 9.90. The summed E-state index contributed by atoms with van der Waals surface area (Å²) in [6, 6.07) is 10.1. The number of nitrogens with one attached hydrogen (secondary N) is 1. The monoisotopic (exact) mass is 433 g/mol. The third kappa shape index (κ3) is 5.09. The first-order chi connectivity index (χ1) is 14.3. The lowest BCUT2D eigenvalue weighted by molar-refractivity contribution is -0.121. The molecule has 0 unspecified atom stereocenters. The smallest absolute Gasteiger partial charge is 0.271 e. The van der Waals surface area contributed by atoms with E-state index in [0.717, 1.165) is 23.0 Å². The zero-order valence-electron chi connectivity index (χ0n) is 17.2. The Morgan fingerprint density at radius 1 is 1.20 bits per heavy atom. The van der Waals surface area contributed by atoms with E-state index in [-0.39, 0.29) is 23.9 Å². The summed E-state index contributed by atoms with van der Waals surface area (Å²) in [5.41, 5.74) is 0.165. The van der Waals surface area contributed by atoms with Gasteiger partial charge in [0.05, 0.1) is 7.11 Å². The molecule has 0 bridgehead atoms. The van der Waals surface area contributed by atoms with Gasteiger partial charge in [-0.15, -0.1) is 0 Å². The van der Waals surface area contributed by atoms with Crippen LogP contribution in [0.2, 0.25) is 0 Å². The fourth-order valence-corrected chi connectivity index (χ4v) is 4.95. The van der Waals surface area contributed by atoms with Gasteiger partial charge in [0.1, 0.15) is 17.2 Å². The Kier molecular flexibility index (Phi) is 6.94. The molecule has 30 heavy (non-hydrogen) atoms. The molecule has 0 spiro atoms. The first-order valence-corrected chi connectivity index (χ1v) is 11.3. The van der Waals surface area contributed by atoms with E-state index >= 15 is 0 Å². The highest BCUT2D eigenvalue weighted by molar-refractivity contribution is 7.89. The maximum absolute atomic E-state index is 12.9. The zero-order valence-corrected chi connectivity index (χ0v) is 18.0. The van der Waals surface area contributed by atoms with Gasteiger partial charge in [0.2, 0.25) is 15.9 Å². The van der Waals surface area contributed by atoms with Crippen molar-refractivity contribution in [2.24, 2.45) is 5.92 Å². The Balaban J connectivity index is 1.70. The third-order valence-corrected chi connectivity index (χ3v) is 7.19. The Morgan fingerprint density at radius 2 is 1.93 bits per heavy atom. The fourth-order valence-electron chi connectivity index (χ4n) is 3.39. The van der Waals surface area contributed by atoms with E-state index < -0.39 is 15.6 Å². The maximum Gasteiger partial charge on any atom is 0.271 e. The number of carbonyl (C=O) groups excluding carboxylic acids is 1. The van der Waals surface area contributed by atoms with Gasteiger partial charge in [-0.2, -0.15) is 4.31 Å². The molecule has 0 atom stereocenters. The molecule has 1 N–H and O–H groups in total. The molecule has 0 radical (unpaired) electrons. The molecule has 1 aliphatic heterocycles. The molecule has 162 valence electrons. The standard InChI is InChI=1S/C21H27N3O5S/c1-16-8-11-24(12-9-16)30(27,28)19-7-4-10-23(21(19)26)15-20(25)22-14-17-5-3-6-18(13-17)29-2/h3-7,10,13,16H,8-9,11-12,14-15H2,1-2H3,(H,22,25). The number of nitrogens with zero attached hydrogens (tertiary/aromatic N) is 2. The van der Waals surface area contributed by atoms with E-state index in [1.807, 2.05) is 12.1 Å². The summed E-state index contributed by atoms with van der Waals surface area (Å²) >= 11 is 0. The van der Waals surface area contributed by atoms with Gasteiger partial charge >= 0.3 is 0 Å². The Hall–Kier alpha value is -2.65. The third-order valence-electron chi connectivity index (χ3n) is 5.28. The highest BCUT2D eigenvalue weighted by Crippen LogP contribution is 2.21. The van der Waals surface area contributed by atoms with Crippen molar-refractivity contribution in [1.29, 1.82) is 0 Å². The van der Waals surface area contributed by atoms with Crippen LogP contribution in [-0.2, 0) is 27.9 Å². The number of piperidine rings is 1. The van der Waals surface area contributed by atoms with Crippen molar-refractivity contribution in [1.82, 2.24) is 14.2 Å². The number of carbonyl (C=O) groups is 1. The van der Waals surface area contributed by atoms with E-state index in [2.05, 4.69) is 12.2 Å². The van der Waals surface area contributed by atoms with Gasteiger partial charge in [-0.05, 0) is 48.6 Å². The minimum Gasteiger partial charge on any atom is -0.497 e. The molecule has 3 rings (SSSR count). The van der Waals surface area contributed by atoms with E-state index in [0.29, 0.717) is 24.8 Å². The number of aromatic nitrogens is 1. The fraction of sp³-hybridized carbons (Fsp3) is 0.429. The quantitative estimate of drug-likeness (QED) is 0.715. The van der Waals surface area contributed by atoms with Crippen molar-refractivity contribution >= 4 is 15.9 Å². The van der Waals surface area contributed by atoms with E-state index in [9.17, 15) is 18.0 Å². The lowest BCUT2D eigenvalue weighted by Gasteiger charge is -2.29. The number of ether oxygens (including phenoxy) is 1. The van der Waals surface area contributed by atoms with Gasteiger partial charge < -0.3 is 14.6 Å². The summed E-state index contributed by atoms with van der Waals surface area (Å²) in [6.45, 7) is 2.90. The molecular weight excluding hydrogens is 406 g/mol. The van der Waals surface area contributed by atoms with Crippen molar-refractivity contribution in [3.05, 3.63) is 58.5 Å². The normalized spacial score (nSPS) is 15.7. The van der Waals surface area contributed by atoms with Crippen LogP contribution >= 0.6 is 0 Å². The lowest BCUT2D eigenvalue weighted by atomic mass is 10.0. The Labute approximate surface area is 176 Å². The van der Waals surface area contributed by atoms with Crippen molar-refractivity contribution in [3.8, 4) is 5.75 Å². The second-order valence-corrected chi connectivity index (χ2v) is 9.43. The molecule has 9 heteroatoms. The summed E-state index contributed by atoms with van der Waals surface area (Å²) in [5, 5.41) is 2.74. The van der Waals surface area contributed by atoms with Gasteiger partial charge in [0.25, 0.3) is 5.56 Å². The average Bonchev–Trinajstić information content (AvgIpc) is 2.74. The van der Waals surface area contributed by atoms with Crippen molar-refractivity contribution in [2.45, 2.75) is 37.8 Å². The number of methoxy groups -OCH3 is 1. The highest BCUT2D eigenvalue weighted by Gasteiger charge is 2.30. The van der Waals surface area contributed by atoms with Crippen molar-refractivity contribution < 1.29 is 17.9 Å². The number of hydrogen-bond donors (Lipinski definition) is 1. The maximum atomic E-state index is 12.9. The van der Waals surface area contributed by atoms with Gasteiger partial charge in [-0.3, -0.25) is 9.59 Å². The molecule has 0 aliphatic carbocycles. The number of rotatable bonds is 7. The highest BCUT2D eigenvalue weighted by atomic mass is 32.2. The molecular formula is C21H27N3O5S. The predicted molar refractivity (Wildman–Crippen MR) is 113 cm³/mol. The molecule has 2 heterocycles. The molecule has 1 aliphatic rings. The molecule has 0 saturated carbocycles. The number of amides is 1. The number of sulfonamides is 1. The summed E-state index contributed by atoms with van der Waals surface area (Å²) in [7, 11) is -2.32. The summed E-state index contributed by atoms with van der Waals surface area (Å²) in [5.74, 6) is 0.765. The van der Waals surface area contributed by atoms with Crippen LogP contribution in [0, 0.1) is 5.92 Å². The molecule has 1 aromatic heterocycles. The van der Waals surface area contributed by atoms with Gasteiger partial charge in [-0.1, -0.05) is 19.1 Å². The van der Waals surface area contributed by atoms with Crippen LogP contribution in [0.5, 0.6) is 5.75 Å². The minimum atomic E-state index is -3.88.